The average Bonchev–Trinajstić information content (AvgIpc) is 2.70. The summed E-state index contributed by atoms with van der Waals surface area (Å²) in [6, 6.07) is 3.34. The van der Waals surface area contributed by atoms with Crippen molar-refractivity contribution in [2.75, 3.05) is 39.3 Å². The lowest BCUT2D eigenvalue weighted by Gasteiger charge is -2.42. The van der Waals surface area contributed by atoms with Crippen molar-refractivity contribution in [2.45, 2.75) is 26.8 Å². The number of fused-ring (bicyclic) bond motifs is 2. The van der Waals surface area contributed by atoms with Gasteiger partial charge in [0, 0.05) is 38.3 Å². The monoisotopic (exact) mass is 399 g/mol. The van der Waals surface area contributed by atoms with Crippen LogP contribution in [0.1, 0.15) is 16.7 Å². The molecule has 0 bridgehead atoms. The van der Waals surface area contributed by atoms with Gasteiger partial charge in [0.2, 0.25) is 5.91 Å². The number of carbonyl (C=O) groups is 2. The van der Waals surface area contributed by atoms with Crippen LogP contribution < -0.4 is 15.7 Å². The van der Waals surface area contributed by atoms with Gasteiger partial charge in [0.05, 0.1) is 5.39 Å². The number of nitrogens with one attached hydrogen (secondary N) is 1. The van der Waals surface area contributed by atoms with Gasteiger partial charge < -0.3 is 19.4 Å². The summed E-state index contributed by atoms with van der Waals surface area (Å²) in [4.78, 5) is 40.6. The minimum Gasteiger partial charge on any atom is -0.483 e. The molecule has 0 saturated carbocycles. The normalized spacial score (nSPS) is 19.8. The SMILES string of the molecule is Cc1cc(OCC(=O)N2CCN3CCNC(=O)C3C2)c2c(C)c(C)c(=O)oc2c1. The van der Waals surface area contributed by atoms with Crippen molar-refractivity contribution in [2.24, 2.45) is 0 Å². The summed E-state index contributed by atoms with van der Waals surface area (Å²) in [6.45, 7) is 8.40. The summed E-state index contributed by atoms with van der Waals surface area (Å²) < 4.78 is 11.3. The molecule has 2 aromatic rings. The van der Waals surface area contributed by atoms with Gasteiger partial charge in [0.1, 0.15) is 17.4 Å². The van der Waals surface area contributed by atoms with Gasteiger partial charge in [0.15, 0.2) is 6.61 Å². The highest BCUT2D eigenvalue weighted by atomic mass is 16.5. The molecule has 0 aliphatic carbocycles. The number of piperazine rings is 2. The van der Waals surface area contributed by atoms with Crippen molar-refractivity contribution in [3.8, 4) is 5.75 Å². The van der Waals surface area contributed by atoms with Crippen LogP contribution in [0.25, 0.3) is 11.0 Å². The number of nitrogens with zero attached hydrogens (tertiary/aromatic N) is 2. The smallest absolute Gasteiger partial charge is 0.339 e. The van der Waals surface area contributed by atoms with E-state index in [9.17, 15) is 14.4 Å². The lowest BCUT2D eigenvalue weighted by Crippen LogP contribution is -2.64. The second kappa shape index (κ2) is 7.51. The van der Waals surface area contributed by atoms with Gasteiger partial charge >= 0.3 is 5.63 Å². The van der Waals surface area contributed by atoms with Crippen LogP contribution in [0.5, 0.6) is 5.75 Å². The van der Waals surface area contributed by atoms with Crippen LogP contribution in [0.2, 0.25) is 0 Å². The predicted octanol–water partition coefficient (Wildman–Crippen LogP) is 0.740. The van der Waals surface area contributed by atoms with Crippen molar-refractivity contribution in [1.82, 2.24) is 15.1 Å². The molecule has 1 atom stereocenters. The number of benzene rings is 1. The van der Waals surface area contributed by atoms with Crippen molar-refractivity contribution in [3.05, 3.63) is 39.2 Å². The summed E-state index contributed by atoms with van der Waals surface area (Å²) in [6.07, 6.45) is 0. The molecule has 3 heterocycles. The lowest BCUT2D eigenvalue weighted by atomic mass is 10.0. The number of rotatable bonds is 3. The van der Waals surface area contributed by atoms with E-state index in [-0.39, 0.29) is 30.1 Å². The zero-order chi connectivity index (χ0) is 20.7. The number of hydrogen-bond acceptors (Lipinski definition) is 6. The first-order chi connectivity index (χ1) is 13.8. The fourth-order valence-electron chi connectivity index (χ4n) is 4.04. The van der Waals surface area contributed by atoms with E-state index in [1.165, 1.54) is 0 Å². The zero-order valence-corrected chi connectivity index (χ0v) is 16.9. The molecule has 2 fully saturated rings. The van der Waals surface area contributed by atoms with Crippen LogP contribution in [0.3, 0.4) is 0 Å². The van der Waals surface area contributed by atoms with Gasteiger partial charge in [-0.25, -0.2) is 4.79 Å². The van der Waals surface area contributed by atoms with Crippen molar-refractivity contribution in [3.63, 3.8) is 0 Å². The van der Waals surface area contributed by atoms with E-state index < -0.39 is 0 Å². The molecule has 8 heteroatoms. The molecular formula is C21H25N3O5. The number of aryl methyl sites for hydroxylation is 2. The minimum atomic E-state index is -0.369. The van der Waals surface area contributed by atoms with Crippen LogP contribution in [0, 0.1) is 20.8 Å². The second-order valence-electron chi connectivity index (χ2n) is 7.75. The van der Waals surface area contributed by atoms with Gasteiger partial charge in [-0.2, -0.15) is 0 Å². The second-order valence-corrected chi connectivity index (χ2v) is 7.75. The Bertz CT molecular complexity index is 1040. The molecule has 154 valence electrons. The Morgan fingerprint density at radius 3 is 2.76 bits per heavy atom. The van der Waals surface area contributed by atoms with Gasteiger partial charge in [0.25, 0.3) is 5.91 Å². The van der Waals surface area contributed by atoms with E-state index in [0.29, 0.717) is 48.5 Å². The van der Waals surface area contributed by atoms with E-state index in [1.807, 2.05) is 19.9 Å². The Balaban J connectivity index is 1.52. The zero-order valence-electron chi connectivity index (χ0n) is 16.9. The molecule has 29 heavy (non-hydrogen) atoms. The standard InChI is InChI=1S/C21H25N3O5/c1-12-8-16(19-13(2)14(3)21(27)29-17(19)9-12)28-11-18(25)24-7-6-23-5-4-22-20(26)15(23)10-24/h8-9,15H,4-7,10-11H2,1-3H3,(H,22,26). The van der Waals surface area contributed by atoms with Crippen LogP contribution in [0.15, 0.2) is 21.3 Å². The van der Waals surface area contributed by atoms with Gasteiger partial charge in [-0.1, -0.05) is 0 Å². The predicted molar refractivity (Wildman–Crippen MR) is 107 cm³/mol. The van der Waals surface area contributed by atoms with Crippen LogP contribution in [-0.4, -0.2) is 67.0 Å². The van der Waals surface area contributed by atoms with Crippen molar-refractivity contribution < 1.29 is 18.7 Å². The molecule has 0 spiro atoms. The topological polar surface area (TPSA) is 92.1 Å². The largest absolute Gasteiger partial charge is 0.483 e. The van der Waals surface area contributed by atoms with E-state index in [4.69, 9.17) is 9.15 Å². The summed E-state index contributed by atoms with van der Waals surface area (Å²) in [7, 11) is 0. The maximum Gasteiger partial charge on any atom is 0.339 e. The number of amides is 2. The lowest BCUT2D eigenvalue weighted by molar-refractivity contribution is -0.141. The van der Waals surface area contributed by atoms with E-state index >= 15 is 0 Å². The summed E-state index contributed by atoms with van der Waals surface area (Å²) >= 11 is 0. The average molecular weight is 399 g/mol. The van der Waals surface area contributed by atoms with E-state index in [2.05, 4.69) is 10.2 Å². The van der Waals surface area contributed by atoms with Gasteiger partial charge in [-0.15, -0.1) is 0 Å². The van der Waals surface area contributed by atoms with Crippen LogP contribution in [0.4, 0.5) is 0 Å². The highest BCUT2D eigenvalue weighted by Crippen LogP contribution is 2.31. The van der Waals surface area contributed by atoms with Crippen LogP contribution >= 0.6 is 0 Å². The molecule has 8 nitrogen and oxygen atoms in total. The first kappa shape index (κ1) is 19.4. The van der Waals surface area contributed by atoms with Crippen LogP contribution in [-0.2, 0) is 9.59 Å². The maximum atomic E-state index is 12.8. The fraction of sp³-hybridized carbons (Fsp3) is 0.476. The molecule has 2 aliphatic heterocycles. The molecule has 1 aromatic heterocycles. The molecule has 1 aromatic carbocycles. The molecule has 2 amide bonds. The highest BCUT2D eigenvalue weighted by molar-refractivity contribution is 5.89. The van der Waals surface area contributed by atoms with E-state index in [0.717, 1.165) is 17.7 Å². The summed E-state index contributed by atoms with van der Waals surface area (Å²) in [5, 5.41) is 3.56. The van der Waals surface area contributed by atoms with Crippen molar-refractivity contribution in [1.29, 1.82) is 0 Å². The molecule has 0 radical (unpaired) electrons. The maximum absolute atomic E-state index is 12.8. The molecule has 4 rings (SSSR count). The molecule has 2 saturated heterocycles. The Kier molecular flexibility index (Phi) is 5.04. The van der Waals surface area contributed by atoms with Gasteiger partial charge in [-0.3, -0.25) is 14.5 Å². The Labute approximate surface area is 168 Å². The molecular weight excluding hydrogens is 374 g/mol. The molecule has 1 N–H and O–H groups in total. The number of carbonyl (C=O) groups excluding carboxylic acids is 2. The number of hydrogen-bond donors (Lipinski definition) is 1. The Morgan fingerprint density at radius 2 is 1.97 bits per heavy atom. The first-order valence-electron chi connectivity index (χ1n) is 9.82. The van der Waals surface area contributed by atoms with Gasteiger partial charge in [-0.05, 0) is 44.0 Å². The highest BCUT2D eigenvalue weighted by Gasteiger charge is 2.36. The quantitative estimate of drug-likeness (QED) is 0.766. The first-order valence-corrected chi connectivity index (χ1v) is 9.82. The Hall–Kier alpha value is -2.87. The third-order valence-electron chi connectivity index (χ3n) is 5.85. The van der Waals surface area contributed by atoms with E-state index in [1.54, 1.807) is 17.9 Å². The third kappa shape index (κ3) is 3.60. The minimum absolute atomic E-state index is 0.0273. The molecule has 1 unspecified atom stereocenters. The molecule has 2 aliphatic rings. The number of ether oxygens (including phenoxy) is 1. The Morgan fingerprint density at radius 1 is 1.17 bits per heavy atom. The van der Waals surface area contributed by atoms with Crippen molar-refractivity contribution >= 4 is 22.8 Å². The summed E-state index contributed by atoms with van der Waals surface area (Å²) in [5.74, 6) is 0.330. The summed E-state index contributed by atoms with van der Waals surface area (Å²) in [5.41, 5.74) is 2.27. The fourth-order valence-corrected chi connectivity index (χ4v) is 4.04. The third-order valence-corrected chi connectivity index (χ3v) is 5.85.